The largest absolute Gasteiger partial charge is 0.321 e. The molecule has 1 aromatic heterocycles. The number of para-hydroxylation sites is 1. The maximum atomic E-state index is 5.83. The van der Waals surface area contributed by atoms with Crippen LogP contribution in [0, 0.1) is 13.8 Å². The third kappa shape index (κ3) is 2.45. The van der Waals surface area contributed by atoms with Crippen molar-refractivity contribution in [3.05, 3.63) is 35.2 Å². The van der Waals surface area contributed by atoms with Crippen molar-refractivity contribution < 1.29 is 0 Å². The molecule has 0 aliphatic heterocycles. The maximum Gasteiger partial charge on any atom is 0.173 e. The van der Waals surface area contributed by atoms with E-state index in [2.05, 4.69) is 15.5 Å². The van der Waals surface area contributed by atoms with Gasteiger partial charge in [-0.2, -0.15) is 4.68 Å². The fourth-order valence-corrected chi connectivity index (χ4v) is 1.78. The minimum Gasteiger partial charge on any atom is -0.321 e. The van der Waals surface area contributed by atoms with Crippen molar-refractivity contribution in [2.24, 2.45) is 5.73 Å². The predicted octanol–water partition coefficient (Wildman–Crippen LogP) is 1.72. The van der Waals surface area contributed by atoms with E-state index in [1.54, 1.807) is 4.68 Å². The smallest absolute Gasteiger partial charge is 0.173 e. The van der Waals surface area contributed by atoms with E-state index < -0.39 is 0 Å². The number of hydrogen-bond acceptors (Lipinski definition) is 4. The molecule has 1 atom stereocenters. The molecule has 92 valence electrons. The van der Waals surface area contributed by atoms with Crippen molar-refractivity contribution in [2.45, 2.75) is 26.8 Å². The van der Waals surface area contributed by atoms with E-state index in [9.17, 15) is 0 Å². The van der Waals surface area contributed by atoms with Gasteiger partial charge in [-0.25, -0.2) is 0 Å². The van der Waals surface area contributed by atoms with Gasteiger partial charge >= 0.3 is 0 Å². The number of benzene rings is 1. The first kappa shape index (κ1) is 13.6. The van der Waals surface area contributed by atoms with Crippen LogP contribution in [-0.4, -0.2) is 20.2 Å². The number of tetrazole rings is 1. The van der Waals surface area contributed by atoms with Gasteiger partial charge in [-0.1, -0.05) is 18.2 Å². The summed E-state index contributed by atoms with van der Waals surface area (Å²) < 4.78 is 1.72. The van der Waals surface area contributed by atoms with E-state index in [0.29, 0.717) is 5.82 Å². The highest BCUT2D eigenvalue weighted by Gasteiger charge is 2.14. The quantitative estimate of drug-likeness (QED) is 0.885. The molecular weight excluding hydrogens is 238 g/mol. The van der Waals surface area contributed by atoms with Crippen molar-refractivity contribution in [3.63, 3.8) is 0 Å². The number of nitrogens with zero attached hydrogens (tertiary/aromatic N) is 4. The number of aromatic nitrogens is 4. The Bertz CT molecular complexity index is 486. The Balaban J connectivity index is 0.00000144. The molecule has 0 fully saturated rings. The molecule has 2 aromatic rings. The highest BCUT2D eigenvalue weighted by Crippen LogP contribution is 2.20. The SMILES string of the molecule is Cc1cccc(C)c1-n1nnnc1C(C)N.Cl. The van der Waals surface area contributed by atoms with Crippen LogP contribution in [0.3, 0.4) is 0 Å². The summed E-state index contributed by atoms with van der Waals surface area (Å²) >= 11 is 0. The van der Waals surface area contributed by atoms with Gasteiger partial charge in [0.15, 0.2) is 5.82 Å². The maximum absolute atomic E-state index is 5.83. The molecule has 1 heterocycles. The van der Waals surface area contributed by atoms with E-state index in [0.717, 1.165) is 16.8 Å². The lowest BCUT2D eigenvalue weighted by Gasteiger charge is -2.12. The normalized spacial score (nSPS) is 12.0. The van der Waals surface area contributed by atoms with Crippen LogP contribution < -0.4 is 5.73 Å². The van der Waals surface area contributed by atoms with Crippen molar-refractivity contribution in [2.75, 3.05) is 0 Å². The van der Waals surface area contributed by atoms with Gasteiger partial charge in [0.2, 0.25) is 0 Å². The van der Waals surface area contributed by atoms with Crippen LogP contribution in [0.15, 0.2) is 18.2 Å². The summed E-state index contributed by atoms with van der Waals surface area (Å²) in [5.41, 5.74) is 9.11. The second-order valence-corrected chi connectivity index (χ2v) is 3.98. The Labute approximate surface area is 106 Å². The number of rotatable bonds is 2. The van der Waals surface area contributed by atoms with Gasteiger partial charge < -0.3 is 5.73 Å². The van der Waals surface area contributed by atoms with E-state index >= 15 is 0 Å². The lowest BCUT2D eigenvalue weighted by molar-refractivity contribution is 0.684. The van der Waals surface area contributed by atoms with Gasteiger partial charge in [-0.05, 0) is 42.3 Å². The van der Waals surface area contributed by atoms with E-state index in [-0.39, 0.29) is 18.4 Å². The van der Waals surface area contributed by atoms with Crippen LogP contribution in [0.1, 0.15) is 29.9 Å². The molecule has 0 spiro atoms. The van der Waals surface area contributed by atoms with Crippen LogP contribution in [0.4, 0.5) is 0 Å². The van der Waals surface area contributed by atoms with Crippen molar-refractivity contribution in [3.8, 4) is 5.69 Å². The summed E-state index contributed by atoms with van der Waals surface area (Å²) in [6.45, 7) is 5.94. The number of halogens is 1. The topological polar surface area (TPSA) is 69.6 Å². The first-order chi connectivity index (χ1) is 7.61. The lowest BCUT2D eigenvalue weighted by atomic mass is 10.1. The summed E-state index contributed by atoms with van der Waals surface area (Å²) in [5.74, 6) is 0.678. The van der Waals surface area contributed by atoms with E-state index in [1.807, 2.05) is 39.0 Å². The van der Waals surface area contributed by atoms with E-state index in [1.165, 1.54) is 0 Å². The van der Waals surface area contributed by atoms with E-state index in [4.69, 9.17) is 5.73 Å². The fourth-order valence-electron chi connectivity index (χ4n) is 1.78. The minimum atomic E-state index is -0.186. The highest BCUT2D eigenvalue weighted by molar-refractivity contribution is 5.85. The predicted molar refractivity (Wildman–Crippen MR) is 68.5 cm³/mol. The van der Waals surface area contributed by atoms with Gasteiger partial charge in [0.25, 0.3) is 0 Å². The van der Waals surface area contributed by atoms with Gasteiger partial charge in [-0.3, -0.25) is 0 Å². The zero-order chi connectivity index (χ0) is 11.7. The molecule has 0 aliphatic carbocycles. The Morgan fingerprint density at radius 2 is 1.82 bits per heavy atom. The number of nitrogens with two attached hydrogens (primary N) is 1. The summed E-state index contributed by atoms with van der Waals surface area (Å²) in [6.07, 6.45) is 0. The molecule has 0 radical (unpaired) electrons. The van der Waals surface area contributed by atoms with Crippen LogP contribution in [0.2, 0.25) is 0 Å². The molecule has 0 saturated carbocycles. The molecule has 6 heteroatoms. The summed E-state index contributed by atoms with van der Waals surface area (Å²) in [5, 5.41) is 11.6. The van der Waals surface area contributed by atoms with Gasteiger partial charge in [0, 0.05) is 0 Å². The molecule has 2 rings (SSSR count). The Hall–Kier alpha value is -1.46. The minimum absolute atomic E-state index is 0. The summed E-state index contributed by atoms with van der Waals surface area (Å²) in [7, 11) is 0. The molecule has 2 N–H and O–H groups in total. The Morgan fingerprint density at radius 1 is 1.24 bits per heavy atom. The molecule has 0 saturated heterocycles. The Morgan fingerprint density at radius 3 is 2.35 bits per heavy atom. The first-order valence-electron chi connectivity index (χ1n) is 5.21. The molecule has 0 bridgehead atoms. The third-order valence-corrected chi connectivity index (χ3v) is 2.55. The first-order valence-corrected chi connectivity index (χ1v) is 5.21. The third-order valence-electron chi connectivity index (χ3n) is 2.55. The molecule has 17 heavy (non-hydrogen) atoms. The second-order valence-electron chi connectivity index (χ2n) is 3.98. The molecule has 5 nitrogen and oxygen atoms in total. The number of hydrogen-bond donors (Lipinski definition) is 1. The second kappa shape index (κ2) is 5.25. The molecule has 1 unspecified atom stereocenters. The molecule has 0 amide bonds. The Kier molecular flexibility index (Phi) is 4.20. The van der Waals surface area contributed by atoms with Crippen LogP contribution in [0.25, 0.3) is 5.69 Å². The summed E-state index contributed by atoms with van der Waals surface area (Å²) in [4.78, 5) is 0. The van der Waals surface area contributed by atoms with Crippen molar-refractivity contribution in [1.82, 2.24) is 20.2 Å². The van der Waals surface area contributed by atoms with Crippen molar-refractivity contribution >= 4 is 12.4 Å². The fraction of sp³-hybridized carbons (Fsp3) is 0.364. The van der Waals surface area contributed by atoms with Crippen LogP contribution in [-0.2, 0) is 0 Å². The summed E-state index contributed by atoms with van der Waals surface area (Å²) in [6, 6.07) is 5.91. The van der Waals surface area contributed by atoms with Gasteiger partial charge in [0.05, 0.1) is 11.7 Å². The monoisotopic (exact) mass is 253 g/mol. The standard InChI is InChI=1S/C11H15N5.ClH/c1-7-5-4-6-8(2)10(7)16-11(9(3)12)13-14-15-16;/h4-6,9H,12H2,1-3H3;1H. The van der Waals surface area contributed by atoms with Crippen LogP contribution >= 0.6 is 12.4 Å². The van der Waals surface area contributed by atoms with Gasteiger partial charge in [-0.15, -0.1) is 17.5 Å². The average molecular weight is 254 g/mol. The highest BCUT2D eigenvalue weighted by atomic mass is 35.5. The zero-order valence-electron chi connectivity index (χ0n) is 10.1. The number of aryl methyl sites for hydroxylation is 2. The molecular formula is C11H16ClN5. The van der Waals surface area contributed by atoms with Gasteiger partial charge in [0.1, 0.15) is 0 Å². The van der Waals surface area contributed by atoms with Crippen LogP contribution in [0.5, 0.6) is 0 Å². The lowest BCUT2D eigenvalue weighted by Crippen LogP contribution is -2.14. The molecule has 0 aliphatic rings. The average Bonchev–Trinajstić information content (AvgIpc) is 2.66. The van der Waals surface area contributed by atoms with Crippen molar-refractivity contribution in [1.29, 1.82) is 0 Å². The zero-order valence-corrected chi connectivity index (χ0v) is 10.9. The molecule has 1 aromatic carbocycles.